The summed E-state index contributed by atoms with van der Waals surface area (Å²) in [5.74, 6) is 0.0320. The number of amides is 1. The zero-order valence-electron chi connectivity index (χ0n) is 22.0. The molecule has 1 saturated heterocycles. The molecule has 200 valence electrons. The third kappa shape index (κ3) is 4.32. The van der Waals surface area contributed by atoms with Crippen LogP contribution >= 0.6 is 11.3 Å². The van der Waals surface area contributed by atoms with Gasteiger partial charge in [-0.15, -0.1) is 0 Å². The van der Waals surface area contributed by atoms with Crippen LogP contribution in [0.5, 0.6) is 23.0 Å². The number of carbonyl (C=O) groups is 2. The van der Waals surface area contributed by atoms with E-state index in [1.165, 1.54) is 30.5 Å². The van der Waals surface area contributed by atoms with Crippen molar-refractivity contribution in [3.63, 3.8) is 0 Å². The molecule has 0 spiro atoms. The number of nitrogens with zero attached hydrogens (tertiary/aromatic N) is 2. The molecule has 5 rings (SSSR count). The Morgan fingerprint density at radius 1 is 0.923 bits per heavy atom. The fourth-order valence-electron chi connectivity index (χ4n) is 4.76. The molecule has 9 nitrogen and oxygen atoms in total. The number of para-hydroxylation sites is 1. The maximum absolute atomic E-state index is 13.6. The van der Waals surface area contributed by atoms with Crippen molar-refractivity contribution in [2.45, 2.75) is 13.0 Å². The van der Waals surface area contributed by atoms with E-state index in [1.807, 2.05) is 13.0 Å². The average Bonchev–Trinajstić information content (AvgIpc) is 3.49. The Labute approximate surface area is 228 Å². The summed E-state index contributed by atoms with van der Waals surface area (Å²) in [6, 6.07) is 14.5. The van der Waals surface area contributed by atoms with Crippen molar-refractivity contribution in [2.24, 2.45) is 0 Å². The molecule has 0 radical (unpaired) electrons. The van der Waals surface area contributed by atoms with Crippen molar-refractivity contribution < 1.29 is 33.6 Å². The van der Waals surface area contributed by atoms with Gasteiger partial charge in [-0.05, 0) is 55.0 Å². The molecule has 0 bridgehead atoms. The maximum atomic E-state index is 13.6. The number of aryl methyl sites for hydroxylation is 1. The summed E-state index contributed by atoms with van der Waals surface area (Å²) in [4.78, 5) is 33.2. The van der Waals surface area contributed by atoms with Gasteiger partial charge < -0.3 is 24.1 Å². The molecule has 1 aliphatic rings. The van der Waals surface area contributed by atoms with Gasteiger partial charge in [-0.25, -0.2) is 4.98 Å². The first kappa shape index (κ1) is 26.1. The van der Waals surface area contributed by atoms with Gasteiger partial charge in [0.1, 0.15) is 23.3 Å². The molecule has 10 heteroatoms. The monoisotopic (exact) mass is 546 g/mol. The molecule has 1 amide bonds. The first-order valence-corrected chi connectivity index (χ1v) is 12.8. The molecule has 1 fully saturated rings. The van der Waals surface area contributed by atoms with Gasteiger partial charge in [-0.3, -0.25) is 14.5 Å². The predicted octanol–water partition coefficient (Wildman–Crippen LogP) is 5.27. The van der Waals surface area contributed by atoms with Gasteiger partial charge in [0.25, 0.3) is 5.78 Å². The number of ether oxygens (including phenoxy) is 4. The van der Waals surface area contributed by atoms with Crippen LogP contribution in [0, 0.1) is 6.92 Å². The van der Waals surface area contributed by atoms with E-state index in [9.17, 15) is 14.7 Å². The highest BCUT2D eigenvalue weighted by Gasteiger charge is 2.49. The lowest BCUT2D eigenvalue weighted by Gasteiger charge is -2.25. The van der Waals surface area contributed by atoms with Crippen molar-refractivity contribution in [3.8, 4) is 23.0 Å². The van der Waals surface area contributed by atoms with E-state index < -0.39 is 17.7 Å². The van der Waals surface area contributed by atoms with E-state index in [2.05, 4.69) is 4.98 Å². The number of benzene rings is 3. The Kier molecular flexibility index (Phi) is 6.88. The topological polar surface area (TPSA) is 107 Å². The molecule has 0 saturated carbocycles. The molecule has 4 aromatic rings. The summed E-state index contributed by atoms with van der Waals surface area (Å²) >= 11 is 1.24. The number of ketones is 1. The number of hydrogen-bond acceptors (Lipinski definition) is 9. The molecule has 1 N–H and O–H groups in total. The number of carbonyl (C=O) groups excluding carboxylic acids is 2. The smallest absolute Gasteiger partial charge is 0.301 e. The summed E-state index contributed by atoms with van der Waals surface area (Å²) < 4.78 is 22.6. The van der Waals surface area contributed by atoms with Crippen LogP contribution in [-0.2, 0) is 9.59 Å². The number of aliphatic hydroxyl groups excluding tert-OH is 1. The zero-order valence-corrected chi connectivity index (χ0v) is 22.8. The highest BCUT2D eigenvalue weighted by Crippen LogP contribution is 2.48. The van der Waals surface area contributed by atoms with Crippen molar-refractivity contribution in [3.05, 3.63) is 76.9 Å². The average molecular weight is 547 g/mol. The Hall–Kier alpha value is -4.57. The predicted molar refractivity (Wildman–Crippen MR) is 148 cm³/mol. The SMILES string of the molecule is COc1ccc2nc(N3C(=O)C(=O)/C(=C(/O)c4ccc(OC)c(C)c4)[C@@H]3c3cccc(OC)c3OC)sc2c1. The highest BCUT2D eigenvalue weighted by molar-refractivity contribution is 7.22. The van der Waals surface area contributed by atoms with Crippen LogP contribution < -0.4 is 23.8 Å². The Bertz CT molecular complexity index is 1640. The number of thiazole rings is 1. The third-order valence-electron chi connectivity index (χ3n) is 6.63. The molecule has 0 aliphatic carbocycles. The van der Waals surface area contributed by atoms with Gasteiger partial charge in [0, 0.05) is 11.1 Å². The Morgan fingerprint density at radius 2 is 1.69 bits per heavy atom. The van der Waals surface area contributed by atoms with E-state index in [1.54, 1.807) is 62.8 Å². The number of Topliss-reactive ketones (excluding diaryl/α,β-unsaturated/α-hetero) is 1. The van der Waals surface area contributed by atoms with Crippen LogP contribution in [0.15, 0.2) is 60.2 Å². The van der Waals surface area contributed by atoms with Crippen LogP contribution in [0.4, 0.5) is 5.13 Å². The summed E-state index contributed by atoms with van der Waals surface area (Å²) in [7, 11) is 6.09. The van der Waals surface area contributed by atoms with E-state index in [-0.39, 0.29) is 11.3 Å². The number of hydrogen-bond donors (Lipinski definition) is 1. The van der Waals surface area contributed by atoms with Crippen molar-refractivity contribution in [2.75, 3.05) is 33.3 Å². The number of anilines is 1. The lowest BCUT2D eigenvalue weighted by molar-refractivity contribution is -0.132. The van der Waals surface area contributed by atoms with E-state index in [0.29, 0.717) is 44.8 Å². The summed E-state index contributed by atoms with van der Waals surface area (Å²) in [6.07, 6.45) is 0. The number of rotatable bonds is 7. The second-order valence-electron chi connectivity index (χ2n) is 8.77. The Morgan fingerprint density at radius 3 is 2.36 bits per heavy atom. The minimum atomic E-state index is -1.04. The quantitative estimate of drug-likeness (QED) is 0.190. The molecule has 1 atom stereocenters. The molecule has 1 aliphatic heterocycles. The zero-order chi connectivity index (χ0) is 27.8. The van der Waals surface area contributed by atoms with E-state index >= 15 is 0 Å². The van der Waals surface area contributed by atoms with Gasteiger partial charge in [0.2, 0.25) is 0 Å². The van der Waals surface area contributed by atoms with E-state index in [0.717, 1.165) is 10.3 Å². The minimum Gasteiger partial charge on any atom is -0.507 e. The van der Waals surface area contributed by atoms with Crippen molar-refractivity contribution >= 4 is 44.1 Å². The second kappa shape index (κ2) is 10.3. The molecule has 2 heterocycles. The van der Waals surface area contributed by atoms with Crippen LogP contribution in [0.3, 0.4) is 0 Å². The van der Waals surface area contributed by atoms with Gasteiger partial charge >= 0.3 is 5.91 Å². The first-order chi connectivity index (χ1) is 18.8. The standard InChI is InChI=1S/C29H26N2O7S/c1-15-13-16(9-12-20(15)36-3)25(32)23-24(18-7-6-8-21(37-4)27(18)38-5)31(28(34)26(23)33)29-30-19-11-10-17(35-2)14-22(19)39-29/h6-14,24,32H,1-5H3/b25-23+/t24-/m0/s1. The van der Waals surface area contributed by atoms with Crippen LogP contribution in [0.25, 0.3) is 16.0 Å². The van der Waals surface area contributed by atoms with Crippen LogP contribution in [0.1, 0.15) is 22.7 Å². The first-order valence-electron chi connectivity index (χ1n) is 11.9. The third-order valence-corrected chi connectivity index (χ3v) is 7.65. The molecular formula is C29H26N2O7S. The minimum absolute atomic E-state index is 0.0899. The van der Waals surface area contributed by atoms with Crippen LogP contribution in [0.2, 0.25) is 0 Å². The highest BCUT2D eigenvalue weighted by atomic mass is 32.1. The number of methoxy groups -OCH3 is 4. The van der Waals surface area contributed by atoms with Crippen molar-refractivity contribution in [1.82, 2.24) is 4.98 Å². The lowest BCUT2D eigenvalue weighted by Crippen LogP contribution is -2.29. The largest absolute Gasteiger partial charge is 0.507 e. The normalized spacial score (nSPS) is 16.5. The van der Waals surface area contributed by atoms with Crippen molar-refractivity contribution in [1.29, 1.82) is 0 Å². The van der Waals surface area contributed by atoms with Gasteiger partial charge in [-0.1, -0.05) is 23.5 Å². The number of aliphatic hydroxyl groups is 1. The summed E-state index contributed by atoms with van der Waals surface area (Å²) in [5, 5.41) is 11.8. The fraction of sp³-hybridized carbons (Fsp3) is 0.207. The molecule has 3 aromatic carbocycles. The molecule has 1 aromatic heterocycles. The fourth-order valence-corrected chi connectivity index (χ4v) is 5.78. The number of aromatic nitrogens is 1. The lowest BCUT2D eigenvalue weighted by atomic mass is 9.94. The maximum Gasteiger partial charge on any atom is 0.301 e. The van der Waals surface area contributed by atoms with Crippen LogP contribution in [-0.4, -0.2) is 50.2 Å². The summed E-state index contributed by atoms with van der Waals surface area (Å²) in [6.45, 7) is 1.83. The Balaban J connectivity index is 1.77. The summed E-state index contributed by atoms with van der Waals surface area (Å²) in [5.41, 5.74) is 2.13. The van der Waals surface area contributed by atoms with Gasteiger partial charge in [0.05, 0.1) is 44.2 Å². The van der Waals surface area contributed by atoms with Gasteiger partial charge in [-0.2, -0.15) is 0 Å². The molecule has 39 heavy (non-hydrogen) atoms. The van der Waals surface area contributed by atoms with E-state index in [4.69, 9.17) is 18.9 Å². The second-order valence-corrected chi connectivity index (χ2v) is 9.78. The molecule has 0 unspecified atom stereocenters. The molecular weight excluding hydrogens is 520 g/mol. The van der Waals surface area contributed by atoms with Gasteiger partial charge in [0.15, 0.2) is 16.6 Å². The number of fused-ring (bicyclic) bond motifs is 1.